The van der Waals surface area contributed by atoms with Crippen LogP contribution in [0.4, 0.5) is 10.1 Å². The molecule has 9 heteroatoms. The van der Waals surface area contributed by atoms with Crippen LogP contribution in [0.3, 0.4) is 0 Å². The van der Waals surface area contributed by atoms with Gasteiger partial charge in [0.2, 0.25) is 11.8 Å². The van der Waals surface area contributed by atoms with E-state index in [0.717, 1.165) is 11.8 Å². The molecule has 0 atom stereocenters. The molecule has 0 aliphatic rings. The number of aromatic nitrogens is 2. The molecule has 0 fully saturated rings. The predicted octanol–water partition coefficient (Wildman–Crippen LogP) is 5.49. The van der Waals surface area contributed by atoms with Crippen LogP contribution in [0.15, 0.2) is 82.4 Å². The third-order valence-electron chi connectivity index (χ3n) is 4.34. The van der Waals surface area contributed by atoms with Crippen molar-refractivity contribution in [2.24, 2.45) is 0 Å². The van der Waals surface area contributed by atoms with Crippen molar-refractivity contribution in [3.8, 4) is 11.5 Å². The Morgan fingerprint density at radius 3 is 2.59 bits per heavy atom. The summed E-state index contributed by atoms with van der Waals surface area (Å²) in [5.41, 5.74) is 1.56. The normalized spacial score (nSPS) is 10.7. The van der Waals surface area contributed by atoms with E-state index in [1.54, 1.807) is 42.5 Å². The smallest absolute Gasteiger partial charge is 0.277 e. The molecule has 0 bridgehead atoms. The van der Waals surface area contributed by atoms with Gasteiger partial charge in [-0.05, 0) is 36.4 Å². The molecule has 1 aromatic heterocycles. The van der Waals surface area contributed by atoms with Crippen LogP contribution in [0.2, 0.25) is 5.02 Å². The molecule has 32 heavy (non-hydrogen) atoms. The highest BCUT2D eigenvalue weighted by Crippen LogP contribution is 2.26. The minimum absolute atomic E-state index is 0.0353. The summed E-state index contributed by atoms with van der Waals surface area (Å²) < 4.78 is 18.8. The summed E-state index contributed by atoms with van der Waals surface area (Å²) in [6.07, 6.45) is 0. The van der Waals surface area contributed by atoms with E-state index in [2.05, 4.69) is 15.5 Å². The molecule has 4 aromatic rings. The molecule has 160 valence electrons. The summed E-state index contributed by atoms with van der Waals surface area (Å²) in [6.45, 7) is 0. The molecule has 6 nitrogen and oxygen atoms in total. The third-order valence-corrected chi connectivity index (χ3v) is 5.39. The predicted molar refractivity (Wildman–Crippen MR) is 120 cm³/mol. The maximum atomic E-state index is 13.4. The molecule has 0 saturated heterocycles. The average Bonchev–Trinajstić information content (AvgIpc) is 3.28. The summed E-state index contributed by atoms with van der Waals surface area (Å²) in [7, 11) is 0. The molecule has 0 aliphatic heterocycles. The van der Waals surface area contributed by atoms with Gasteiger partial charge in [-0.2, -0.15) is 0 Å². The molecule has 0 unspecified atom stereocenters. The van der Waals surface area contributed by atoms with Crippen molar-refractivity contribution in [1.29, 1.82) is 0 Å². The van der Waals surface area contributed by atoms with Crippen LogP contribution >= 0.6 is 23.4 Å². The Morgan fingerprint density at radius 2 is 1.81 bits per heavy atom. The molecule has 0 aliphatic carbocycles. The van der Waals surface area contributed by atoms with Crippen LogP contribution in [0.25, 0.3) is 11.5 Å². The number of nitrogens with zero attached hydrogens (tertiary/aromatic N) is 2. The topological polar surface area (TPSA) is 85.1 Å². The first kappa shape index (κ1) is 21.7. The lowest BCUT2D eigenvalue weighted by atomic mass is 10.0. The number of carbonyl (C=O) groups excluding carboxylic acids is 2. The molecule has 4 rings (SSSR count). The lowest BCUT2D eigenvalue weighted by Crippen LogP contribution is -2.17. The van der Waals surface area contributed by atoms with Crippen LogP contribution in [-0.2, 0) is 4.79 Å². The van der Waals surface area contributed by atoms with E-state index in [-0.39, 0.29) is 34.1 Å². The number of thioether (sulfide) groups is 1. The summed E-state index contributed by atoms with van der Waals surface area (Å²) >= 11 is 7.09. The molecule has 0 saturated carbocycles. The molecule has 3 aromatic carbocycles. The number of amides is 1. The second kappa shape index (κ2) is 9.76. The Kier molecular flexibility index (Phi) is 6.63. The highest BCUT2D eigenvalue weighted by atomic mass is 35.5. The van der Waals surface area contributed by atoms with Crippen LogP contribution < -0.4 is 5.32 Å². The molecule has 0 spiro atoms. The lowest BCUT2D eigenvalue weighted by molar-refractivity contribution is -0.113. The molecule has 1 N–H and O–H groups in total. The van der Waals surface area contributed by atoms with Gasteiger partial charge >= 0.3 is 0 Å². The van der Waals surface area contributed by atoms with Gasteiger partial charge < -0.3 is 9.73 Å². The van der Waals surface area contributed by atoms with Gasteiger partial charge in [-0.1, -0.05) is 59.8 Å². The van der Waals surface area contributed by atoms with Gasteiger partial charge in [0, 0.05) is 21.7 Å². The number of benzene rings is 3. The molecule has 1 amide bonds. The fourth-order valence-corrected chi connectivity index (χ4v) is 3.61. The summed E-state index contributed by atoms with van der Waals surface area (Å²) in [5, 5.41) is 11.0. The lowest BCUT2D eigenvalue weighted by Gasteiger charge is -2.11. The summed E-state index contributed by atoms with van der Waals surface area (Å²) in [5.74, 6) is -0.927. The fourth-order valence-electron chi connectivity index (χ4n) is 2.88. The zero-order valence-electron chi connectivity index (χ0n) is 16.4. The number of halogens is 2. The van der Waals surface area contributed by atoms with E-state index in [4.69, 9.17) is 16.0 Å². The summed E-state index contributed by atoms with van der Waals surface area (Å²) in [6, 6.07) is 19.2. The molecule has 1 heterocycles. The molecular weight excluding hydrogens is 453 g/mol. The number of anilines is 1. The zero-order chi connectivity index (χ0) is 22.5. The number of carbonyl (C=O) groups is 2. The number of hydrogen-bond acceptors (Lipinski definition) is 6. The van der Waals surface area contributed by atoms with E-state index in [9.17, 15) is 14.0 Å². The standard InChI is InChI=1S/C23H15ClFN3O3S/c24-16-9-10-19(18(12-16)21(30)14-5-2-1-3-6-14)26-20(29)13-32-23-28-27-22(31-23)15-7-4-8-17(25)11-15/h1-12H,13H2,(H,26,29). The SMILES string of the molecule is O=C(CSc1nnc(-c2cccc(F)c2)o1)Nc1ccc(Cl)cc1C(=O)c1ccccc1. The Balaban J connectivity index is 1.43. The first-order valence-corrected chi connectivity index (χ1v) is 10.8. The minimum atomic E-state index is -0.418. The van der Waals surface area contributed by atoms with Gasteiger partial charge in [0.15, 0.2) is 5.78 Å². The second-order valence-electron chi connectivity index (χ2n) is 6.61. The van der Waals surface area contributed by atoms with E-state index in [0.29, 0.717) is 21.8 Å². The van der Waals surface area contributed by atoms with E-state index in [1.807, 2.05) is 6.07 Å². The number of ketones is 1. The van der Waals surface area contributed by atoms with Crippen molar-refractivity contribution >= 4 is 40.7 Å². The Bertz CT molecular complexity index is 1280. The van der Waals surface area contributed by atoms with E-state index >= 15 is 0 Å². The van der Waals surface area contributed by atoms with Crippen LogP contribution in [0.1, 0.15) is 15.9 Å². The van der Waals surface area contributed by atoms with E-state index in [1.165, 1.54) is 24.3 Å². The maximum Gasteiger partial charge on any atom is 0.277 e. The first-order chi connectivity index (χ1) is 15.5. The Labute approximate surface area is 191 Å². The fraction of sp³-hybridized carbons (Fsp3) is 0.0435. The van der Waals surface area contributed by atoms with Gasteiger partial charge in [-0.3, -0.25) is 9.59 Å². The Hall–Kier alpha value is -3.49. The van der Waals surface area contributed by atoms with Gasteiger partial charge in [-0.25, -0.2) is 4.39 Å². The van der Waals surface area contributed by atoms with Gasteiger partial charge in [0.1, 0.15) is 5.82 Å². The number of nitrogens with one attached hydrogen (secondary N) is 1. The van der Waals surface area contributed by atoms with Crippen molar-refractivity contribution in [2.75, 3.05) is 11.1 Å². The van der Waals surface area contributed by atoms with Crippen LogP contribution in [0, 0.1) is 5.82 Å². The molecule has 0 radical (unpaired) electrons. The van der Waals surface area contributed by atoms with Crippen molar-refractivity contribution in [3.63, 3.8) is 0 Å². The number of rotatable bonds is 7. The van der Waals surface area contributed by atoms with Crippen molar-refractivity contribution in [1.82, 2.24) is 10.2 Å². The van der Waals surface area contributed by atoms with E-state index < -0.39 is 5.82 Å². The monoisotopic (exact) mass is 467 g/mol. The third kappa shape index (κ3) is 5.22. The van der Waals surface area contributed by atoms with Crippen LogP contribution in [-0.4, -0.2) is 27.6 Å². The summed E-state index contributed by atoms with van der Waals surface area (Å²) in [4.78, 5) is 25.4. The van der Waals surface area contributed by atoms with Gasteiger partial charge in [-0.15, -0.1) is 10.2 Å². The zero-order valence-corrected chi connectivity index (χ0v) is 18.0. The minimum Gasteiger partial charge on any atom is -0.411 e. The largest absolute Gasteiger partial charge is 0.411 e. The van der Waals surface area contributed by atoms with Crippen molar-refractivity contribution in [3.05, 3.63) is 94.8 Å². The highest BCUT2D eigenvalue weighted by Gasteiger charge is 2.17. The highest BCUT2D eigenvalue weighted by molar-refractivity contribution is 7.99. The van der Waals surface area contributed by atoms with Gasteiger partial charge in [0.25, 0.3) is 5.22 Å². The first-order valence-electron chi connectivity index (χ1n) is 9.41. The average molecular weight is 468 g/mol. The quantitative estimate of drug-likeness (QED) is 0.286. The maximum absolute atomic E-state index is 13.4. The second-order valence-corrected chi connectivity index (χ2v) is 7.97. The van der Waals surface area contributed by atoms with Gasteiger partial charge in [0.05, 0.1) is 11.4 Å². The van der Waals surface area contributed by atoms with Crippen LogP contribution in [0.5, 0.6) is 0 Å². The Morgan fingerprint density at radius 1 is 1.00 bits per heavy atom. The van der Waals surface area contributed by atoms with Crippen molar-refractivity contribution < 1.29 is 18.4 Å². The number of hydrogen-bond donors (Lipinski definition) is 1. The molecular formula is C23H15ClFN3O3S. The van der Waals surface area contributed by atoms with Crippen molar-refractivity contribution in [2.45, 2.75) is 5.22 Å².